The van der Waals surface area contributed by atoms with E-state index in [0.717, 1.165) is 5.56 Å². The van der Waals surface area contributed by atoms with E-state index in [4.69, 9.17) is 0 Å². The van der Waals surface area contributed by atoms with Crippen LogP contribution in [0.1, 0.15) is 57.6 Å². The first-order chi connectivity index (χ1) is 6.95. The third kappa shape index (κ3) is 3.35. The molecule has 1 atom stereocenters. The topological polar surface area (TPSA) is 20.2 Å². The van der Waals surface area contributed by atoms with Gasteiger partial charge in [0.2, 0.25) is 0 Å². The summed E-state index contributed by atoms with van der Waals surface area (Å²) < 4.78 is 0. The van der Waals surface area contributed by atoms with E-state index in [0.29, 0.717) is 5.92 Å². The summed E-state index contributed by atoms with van der Waals surface area (Å²) in [7, 11) is 0. The molecule has 0 aliphatic heterocycles. The van der Waals surface area contributed by atoms with Crippen molar-refractivity contribution in [2.24, 2.45) is 0 Å². The third-order valence-corrected chi connectivity index (χ3v) is 2.91. The largest absolute Gasteiger partial charge is 0.386 e. The molecular formula is C14H22O. The van der Waals surface area contributed by atoms with Gasteiger partial charge in [-0.3, -0.25) is 0 Å². The summed E-state index contributed by atoms with van der Waals surface area (Å²) in [6, 6.07) is 8.32. The van der Waals surface area contributed by atoms with Crippen molar-refractivity contribution in [2.45, 2.75) is 52.1 Å². The van der Waals surface area contributed by atoms with Crippen LogP contribution in [-0.2, 0) is 5.60 Å². The molecule has 0 bridgehead atoms. The number of hydrogen-bond donors (Lipinski definition) is 1. The first-order valence-electron chi connectivity index (χ1n) is 5.78. The fourth-order valence-electron chi connectivity index (χ4n) is 1.82. The standard InChI is InChI=1S/C14H22O/c1-5-6-11(2)12-7-9-13(10-8-12)14(3,4)15/h7-11,15H,5-6H2,1-4H3. The fourth-order valence-corrected chi connectivity index (χ4v) is 1.82. The van der Waals surface area contributed by atoms with Gasteiger partial charge < -0.3 is 5.11 Å². The summed E-state index contributed by atoms with van der Waals surface area (Å²) in [5.74, 6) is 0.617. The molecule has 1 aromatic rings. The first kappa shape index (κ1) is 12.3. The summed E-state index contributed by atoms with van der Waals surface area (Å²) in [6.07, 6.45) is 2.44. The monoisotopic (exact) mass is 206 g/mol. The van der Waals surface area contributed by atoms with E-state index in [9.17, 15) is 5.11 Å². The Balaban J connectivity index is 2.81. The van der Waals surface area contributed by atoms with Crippen molar-refractivity contribution >= 4 is 0 Å². The summed E-state index contributed by atoms with van der Waals surface area (Å²) >= 11 is 0. The Morgan fingerprint density at radius 1 is 1.20 bits per heavy atom. The van der Waals surface area contributed by atoms with Crippen LogP contribution < -0.4 is 0 Å². The smallest absolute Gasteiger partial charge is 0.0840 e. The van der Waals surface area contributed by atoms with E-state index in [1.807, 2.05) is 26.0 Å². The van der Waals surface area contributed by atoms with Gasteiger partial charge in [-0.1, -0.05) is 44.5 Å². The molecule has 0 aromatic heterocycles. The van der Waals surface area contributed by atoms with E-state index in [2.05, 4.69) is 26.0 Å². The summed E-state index contributed by atoms with van der Waals surface area (Å²) in [6.45, 7) is 8.10. The van der Waals surface area contributed by atoms with Crippen LogP contribution in [-0.4, -0.2) is 5.11 Å². The van der Waals surface area contributed by atoms with E-state index in [1.54, 1.807) is 0 Å². The molecule has 0 saturated carbocycles. The number of aliphatic hydroxyl groups is 1. The molecule has 15 heavy (non-hydrogen) atoms. The van der Waals surface area contributed by atoms with Crippen molar-refractivity contribution in [1.29, 1.82) is 0 Å². The molecule has 1 nitrogen and oxygen atoms in total. The highest BCUT2D eigenvalue weighted by Crippen LogP contribution is 2.24. The Morgan fingerprint density at radius 2 is 1.73 bits per heavy atom. The van der Waals surface area contributed by atoms with Crippen LogP contribution in [0, 0.1) is 0 Å². The normalized spacial score (nSPS) is 13.9. The summed E-state index contributed by atoms with van der Waals surface area (Å²) in [5, 5.41) is 9.82. The molecule has 0 radical (unpaired) electrons. The second-order valence-corrected chi connectivity index (χ2v) is 4.87. The van der Waals surface area contributed by atoms with Gasteiger partial charge in [-0.05, 0) is 37.3 Å². The van der Waals surface area contributed by atoms with Gasteiger partial charge >= 0.3 is 0 Å². The average molecular weight is 206 g/mol. The number of hydrogen-bond acceptors (Lipinski definition) is 1. The van der Waals surface area contributed by atoms with Gasteiger partial charge in [-0.2, -0.15) is 0 Å². The van der Waals surface area contributed by atoms with Crippen molar-refractivity contribution in [2.75, 3.05) is 0 Å². The van der Waals surface area contributed by atoms with Crippen LogP contribution in [0.5, 0.6) is 0 Å². The highest BCUT2D eigenvalue weighted by Gasteiger charge is 2.15. The van der Waals surface area contributed by atoms with E-state index < -0.39 is 5.60 Å². The van der Waals surface area contributed by atoms with E-state index >= 15 is 0 Å². The average Bonchev–Trinajstić information content (AvgIpc) is 2.17. The van der Waals surface area contributed by atoms with Crippen LogP contribution >= 0.6 is 0 Å². The second kappa shape index (κ2) is 4.80. The summed E-state index contributed by atoms with van der Waals surface area (Å²) in [4.78, 5) is 0. The molecule has 0 fully saturated rings. The molecule has 1 heteroatoms. The highest BCUT2D eigenvalue weighted by molar-refractivity contribution is 5.28. The van der Waals surface area contributed by atoms with Crippen LogP contribution in [0.2, 0.25) is 0 Å². The molecule has 1 rings (SSSR count). The molecular weight excluding hydrogens is 184 g/mol. The van der Waals surface area contributed by atoms with Crippen LogP contribution in [0.4, 0.5) is 0 Å². The zero-order chi connectivity index (χ0) is 11.5. The predicted molar refractivity (Wildman–Crippen MR) is 65.0 cm³/mol. The van der Waals surface area contributed by atoms with Crippen molar-refractivity contribution < 1.29 is 5.11 Å². The van der Waals surface area contributed by atoms with Crippen molar-refractivity contribution in [3.63, 3.8) is 0 Å². The van der Waals surface area contributed by atoms with Gasteiger partial charge in [0.05, 0.1) is 5.60 Å². The minimum atomic E-state index is -0.730. The van der Waals surface area contributed by atoms with Crippen molar-refractivity contribution in [3.8, 4) is 0 Å². The molecule has 1 unspecified atom stereocenters. The molecule has 1 N–H and O–H groups in total. The molecule has 0 spiro atoms. The van der Waals surface area contributed by atoms with Gasteiger partial charge in [0.25, 0.3) is 0 Å². The maximum absolute atomic E-state index is 9.82. The van der Waals surface area contributed by atoms with E-state index in [1.165, 1.54) is 18.4 Å². The SMILES string of the molecule is CCCC(C)c1ccc(C(C)(C)O)cc1. The van der Waals surface area contributed by atoms with Crippen molar-refractivity contribution in [3.05, 3.63) is 35.4 Å². The predicted octanol–water partition coefficient (Wildman–Crippen LogP) is 3.82. The molecule has 0 amide bonds. The Morgan fingerprint density at radius 3 is 2.13 bits per heavy atom. The van der Waals surface area contributed by atoms with Crippen molar-refractivity contribution in [1.82, 2.24) is 0 Å². The van der Waals surface area contributed by atoms with Crippen LogP contribution in [0.15, 0.2) is 24.3 Å². The van der Waals surface area contributed by atoms with Gasteiger partial charge in [0, 0.05) is 0 Å². The lowest BCUT2D eigenvalue weighted by molar-refractivity contribution is 0.0786. The van der Waals surface area contributed by atoms with Gasteiger partial charge in [-0.25, -0.2) is 0 Å². The molecule has 0 aliphatic rings. The molecule has 84 valence electrons. The Labute approximate surface area is 93.1 Å². The zero-order valence-corrected chi connectivity index (χ0v) is 10.2. The van der Waals surface area contributed by atoms with Gasteiger partial charge in [-0.15, -0.1) is 0 Å². The minimum Gasteiger partial charge on any atom is -0.386 e. The number of benzene rings is 1. The Kier molecular flexibility index (Phi) is 3.92. The molecule has 0 saturated heterocycles. The maximum atomic E-state index is 9.82. The summed E-state index contributed by atoms with van der Waals surface area (Å²) in [5.41, 5.74) is 1.62. The van der Waals surface area contributed by atoms with Gasteiger partial charge in [0.15, 0.2) is 0 Å². The zero-order valence-electron chi connectivity index (χ0n) is 10.2. The minimum absolute atomic E-state index is 0.617. The lowest BCUT2D eigenvalue weighted by Crippen LogP contribution is -2.15. The number of rotatable bonds is 4. The van der Waals surface area contributed by atoms with Gasteiger partial charge in [0.1, 0.15) is 0 Å². The lowest BCUT2D eigenvalue weighted by atomic mass is 9.92. The second-order valence-electron chi connectivity index (χ2n) is 4.87. The Bertz CT molecular complexity index is 292. The molecule has 0 heterocycles. The van der Waals surface area contributed by atoms with Crippen LogP contribution in [0.25, 0.3) is 0 Å². The maximum Gasteiger partial charge on any atom is 0.0840 e. The fraction of sp³-hybridized carbons (Fsp3) is 0.571. The van der Waals surface area contributed by atoms with Crippen LogP contribution in [0.3, 0.4) is 0 Å². The third-order valence-electron chi connectivity index (χ3n) is 2.91. The van der Waals surface area contributed by atoms with E-state index in [-0.39, 0.29) is 0 Å². The Hall–Kier alpha value is -0.820. The first-order valence-corrected chi connectivity index (χ1v) is 5.78. The highest BCUT2D eigenvalue weighted by atomic mass is 16.3. The molecule has 1 aromatic carbocycles. The molecule has 0 aliphatic carbocycles. The lowest BCUT2D eigenvalue weighted by Gasteiger charge is -2.19. The quantitative estimate of drug-likeness (QED) is 0.794.